The van der Waals surface area contributed by atoms with E-state index in [-0.39, 0.29) is 16.9 Å². The van der Waals surface area contributed by atoms with E-state index >= 15 is 0 Å². The Morgan fingerprint density at radius 3 is 2.52 bits per heavy atom. The lowest BCUT2D eigenvalue weighted by molar-refractivity contribution is 0.521. The maximum Gasteiger partial charge on any atom is 0.242 e. The molecule has 1 saturated heterocycles. The molecule has 0 amide bonds. The minimum atomic E-state index is -3.47. The fraction of sp³-hybridized carbons (Fsp3) is 0.429. The molecule has 0 bridgehead atoms. The molecule has 2 aromatic heterocycles. The van der Waals surface area contributed by atoms with Crippen molar-refractivity contribution in [3.05, 3.63) is 42.1 Å². The average Bonchev–Trinajstić information content (AvgIpc) is 3.34. The highest BCUT2D eigenvalue weighted by Gasteiger charge is 2.23. The van der Waals surface area contributed by atoms with E-state index < -0.39 is 10.0 Å². The summed E-state index contributed by atoms with van der Waals surface area (Å²) in [5.41, 5.74) is 8.75. The molecule has 31 heavy (non-hydrogen) atoms. The number of aromatic nitrogens is 3. The Balaban J connectivity index is 1.73. The number of nitrogens with zero attached hydrogens (tertiary/aromatic N) is 5. The molecule has 3 N–H and O–H groups in total. The largest absolute Gasteiger partial charge is 0.355 e. The molecule has 1 aliphatic heterocycles. The van der Waals surface area contributed by atoms with Gasteiger partial charge in [0, 0.05) is 50.5 Å². The predicted molar refractivity (Wildman–Crippen MR) is 122 cm³/mol. The highest BCUT2D eigenvalue weighted by atomic mass is 32.2. The van der Waals surface area contributed by atoms with Crippen molar-refractivity contribution in [2.75, 3.05) is 37.4 Å². The van der Waals surface area contributed by atoms with E-state index in [1.807, 2.05) is 12.3 Å². The Kier molecular flexibility index (Phi) is 5.63. The van der Waals surface area contributed by atoms with E-state index in [1.165, 1.54) is 18.4 Å². The summed E-state index contributed by atoms with van der Waals surface area (Å²) in [5, 5.41) is 7.92. The number of rotatable bonds is 6. The second-order valence-corrected chi connectivity index (χ2v) is 10.6. The van der Waals surface area contributed by atoms with E-state index in [4.69, 9.17) is 10.7 Å². The van der Waals surface area contributed by atoms with Gasteiger partial charge in [-0.1, -0.05) is 13.8 Å². The maximum atomic E-state index is 12.3. The van der Waals surface area contributed by atoms with E-state index in [0.29, 0.717) is 0 Å². The molecule has 1 aliphatic rings. The summed E-state index contributed by atoms with van der Waals surface area (Å²) < 4.78 is 27.6. The van der Waals surface area contributed by atoms with Crippen LogP contribution in [0.3, 0.4) is 0 Å². The van der Waals surface area contributed by atoms with Gasteiger partial charge in [0.25, 0.3) is 0 Å². The van der Waals surface area contributed by atoms with Gasteiger partial charge in [0.2, 0.25) is 10.0 Å². The summed E-state index contributed by atoms with van der Waals surface area (Å²) in [6.07, 6.45) is 2.79. The minimum Gasteiger partial charge on any atom is -0.355 e. The van der Waals surface area contributed by atoms with Gasteiger partial charge in [0.05, 0.1) is 11.1 Å². The molecule has 1 atom stereocenters. The molecule has 0 saturated carbocycles. The van der Waals surface area contributed by atoms with Crippen molar-refractivity contribution in [2.45, 2.75) is 37.1 Å². The van der Waals surface area contributed by atoms with Gasteiger partial charge < -0.3 is 16.0 Å². The highest BCUT2D eigenvalue weighted by Crippen LogP contribution is 2.29. The lowest BCUT2D eigenvalue weighted by Gasteiger charge is -2.19. The van der Waals surface area contributed by atoms with Crippen molar-refractivity contribution in [3.8, 4) is 0 Å². The van der Waals surface area contributed by atoms with E-state index in [9.17, 15) is 8.42 Å². The Labute approximate surface area is 182 Å². The standard InChI is InChI=1S/C21H29N7O2S/c1-14(2)18-12-23-28-20(11-19(25-21(18)28)27-10-9-15(22)13-27)24-16-5-7-17(8-6-16)31(29,30)26(3)4/h5-8,11-12,14-15,24H,9-10,13,22H2,1-4H3. The van der Waals surface area contributed by atoms with Crippen LogP contribution in [0.5, 0.6) is 0 Å². The third-order valence-corrected chi connectivity index (χ3v) is 7.39. The third-order valence-electron chi connectivity index (χ3n) is 5.56. The van der Waals surface area contributed by atoms with Crippen LogP contribution in [0.4, 0.5) is 17.3 Å². The van der Waals surface area contributed by atoms with Crippen molar-refractivity contribution in [2.24, 2.45) is 5.73 Å². The minimum absolute atomic E-state index is 0.148. The van der Waals surface area contributed by atoms with Crippen LogP contribution in [-0.2, 0) is 10.0 Å². The molecule has 1 aromatic carbocycles. The Morgan fingerprint density at radius 2 is 1.94 bits per heavy atom. The van der Waals surface area contributed by atoms with Gasteiger partial charge in [-0.05, 0) is 36.6 Å². The van der Waals surface area contributed by atoms with E-state index in [2.05, 4.69) is 29.2 Å². The molecular formula is C21H29N7O2S. The van der Waals surface area contributed by atoms with Crippen molar-refractivity contribution in [1.82, 2.24) is 18.9 Å². The Hall–Kier alpha value is -2.69. The topological polar surface area (TPSA) is 109 Å². The van der Waals surface area contributed by atoms with Crippen LogP contribution in [0.2, 0.25) is 0 Å². The zero-order valence-electron chi connectivity index (χ0n) is 18.3. The fourth-order valence-electron chi connectivity index (χ4n) is 3.69. The van der Waals surface area contributed by atoms with Crippen LogP contribution in [0.1, 0.15) is 31.7 Å². The number of fused-ring (bicyclic) bond motifs is 1. The highest BCUT2D eigenvalue weighted by molar-refractivity contribution is 7.89. The van der Waals surface area contributed by atoms with Gasteiger partial charge in [-0.25, -0.2) is 17.7 Å². The number of hydrogen-bond donors (Lipinski definition) is 2. The molecule has 1 fully saturated rings. The van der Waals surface area contributed by atoms with Crippen molar-refractivity contribution < 1.29 is 8.42 Å². The summed E-state index contributed by atoms with van der Waals surface area (Å²) in [6, 6.07) is 8.81. The van der Waals surface area contributed by atoms with Crippen LogP contribution in [0.15, 0.2) is 41.4 Å². The maximum absolute atomic E-state index is 12.3. The van der Waals surface area contributed by atoms with Crippen LogP contribution in [-0.4, -0.2) is 60.5 Å². The average molecular weight is 444 g/mol. The van der Waals surface area contributed by atoms with Crippen molar-refractivity contribution in [3.63, 3.8) is 0 Å². The first-order valence-corrected chi connectivity index (χ1v) is 11.8. The molecular weight excluding hydrogens is 414 g/mol. The van der Waals surface area contributed by atoms with Gasteiger partial charge >= 0.3 is 0 Å². The van der Waals surface area contributed by atoms with Crippen molar-refractivity contribution >= 4 is 33.0 Å². The number of hydrogen-bond acceptors (Lipinski definition) is 7. The first-order chi connectivity index (χ1) is 14.7. The van der Waals surface area contributed by atoms with Gasteiger partial charge in [-0.2, -0.15) is 9.61 Å². The Morgan fingerprint density at radius 1 is 1.23 bits per heavy atom. The molecule has 0 spiro atoms. The lowest BCUT2D eigenvalue weighted by atomic mass is 10.1. The monoisotopic (exact) mass is 443 g/mol. The second-order valence-electron chi connectivity index (χ2n) is 8.42. The molecule has 1 unspecified atom stereocenters. The zero-order chi connectivity index (χ0) is 22.3. The van der Waals surface area contributed by atoms with Crippen LogP contribution in [0, 0.1) is 0 Å². The quantitative estimate of drug-likeness (QED) is 0.602. The first kappa shape index (κ1) is 21.5. The normalized spacial score (nSPS) is 17.3. The predicted octanol–water partition coefficient (Wildman–Crippen LogP) is 2.38. The van der Waals surface area contributed by atoms with E-state index in [0.717, 1.165) is 48.0 Å². The van der Waals surface area contributed by atoms with Gasteiger partial charge in [0.15, 0.2) is 5.65 Å². The molecule has 166 valence electrons. The second kappa shape index (κ2) is 8.10. The molecule has 0 radical (unpaired) electrons. The van der Waals surface area contributed by atoms with Gasteiger partial charge in [-0.15, -0.1) is 0 Å². The van der Waals surface area contributed by atoms with Gasteiger partial charge in [0.1, 0.15) is 11.6 Å². The lowest BCUT2D eigenvalue weighted by Crippen LogP contribution is -2.27. The number of sulfonamides is 1. The van der Waals surface area contributed by atoms with Crippen LogP contribution in [0.25, 0.3) is 5.65 Å². The summed E-state index contributed by atoms with van der Waals surface area (Å²) >= 11 is 0. The third kappa shape index (κ3) is 4.10. The summed E-state index contributed by atoms with van der Waals surface area (Å²) in [7, 11) is -0.433. The Bertz CT molecular complexity index is 1190. The molecule has 9 nitrogen and oxygen atoms in total. The van der Waals surface area contributed by atoms with Gasteiger partial charge in [-0.3, -0.25) is 0 Å². The van der Waals surface area contributed by atoms with Crippen LogP contribution >= 0.6 is 0 Å². The smallest absolute Gasteiger partial charge is 0.242 e. The molecule has 3 heterocycles. The van der Waals surface area contributed by atoms with Crippen molar-refractivity contribution in [1.29, 1.82) is 0 Å². The summed E-state index contributed by atoms with van der Waals surface area (Å²) in [4.78, 5) is 7.33. The summed E-state index contributed by atoms with van der Waals surface area (Å²) in [5.74, 6) is 1.90. The zero-order valence-corrected chi connectivity index (χ0v) is 19.1. The molecule has 10 heteroatoms. The van der Waals surface area contributed by atoms with E-state index in [1.54, 1.807) is 28.8 Å². The molecule has 4 rings (SSSR count). The summed E-state index contributed by atoms with van der Waals surface area (Å²) in [6.45, 7) is 5.87. The number of nitrogens with one attached hydrogen (secondary N) is 1. The first-order valence-electron chi connectivity index (χ1n) is 10.4. The number of anilines is 3. The molecule has 0 aliphatic carbocycles. The fourth-order valence-corrected chi connectivity index (χ4v) is 4.59. The van der Waals surface area contributed by atoms with Crippen LogP contribution < -0.4 is 16.0 Å². The molecule has 3 aromatic rings. The number of nitrogens with two attached hydrogens (primary N) is 1. The number of benzene rings is 1. The SMILES string of the molecule is CC(C)c1cnn2c(Nc3ccc(S(=O)(=O)N(C)C)cc3)cc(N3CCC(N)C3)nc12.